The van der Waals surface area contributed by atoms with Gasteiger partial charge in [0.2, 0.25) is 11.6 Å². The van der Waals surface area contributed by atoms with Gasteiger partial charge in [-0.05, 0) is 0 Å². The molecule has 1 fully saturated rings. The standard InChI is InChI=1S/C8H16N2O11/c1-2(11)10-4(13)5(14,15)3(9,12)6(16,17)8(20,21)7(4,18)19/h12-21H,9H2,1H3,(H,10,11). The van der Waals surface area contributed by atoms with Gasteiger partial charge in [-0.2, -0.15) is 0 Å². The van der Waals surface area contributed by atoms with Crippen molar-refractivity contribution in [1.29, 1.82) is 0 Å². The molecule has 1 aliphatic carbocycles. The first-order chi connectivity index (χ1) is 8.92. The van der Waals surface area contributed by atoms with E-state index in [1.54, 1.807) is 0 Å². The number of hydrogen-bond acceptors (Lipinski definition) is 12. The first-order valence-corrected chi connectivity index (χ1v) is 5.23. The topological polar surface area (TPSA) is 257 Å². The molecule has 13 N–H and O–H groups in total. The molecule has 0 bridgehead atoms. The van der Waals surface area contributed by atoms with Crippen molar-refractivity contribution in [2.45, 2.75) is 41.5 Å². The summed E-state index contributed by atoms with van der Waals surface area (Å²) in [6, 6.07) is 0. The average Bonchev–Trinajstić information content (AvgIpc) is 2.25. The number of carbonyl (C=O) groups excluding carboxylic acids is 1. The number of nitrogens with one attached hydrogen (secondary N) is 1. The molecule has 0 heterocycles. The molecule has 13 heteroatoms. The van der Waals surface area contributed by atoms with E-state index in [-0.39, 0.29) is 0 Å². The van der Waals surface area contributed by atoms with Gasteiger partial charge in [-0.3, -0.25) is 10.5 Å². The maximum atomic E-state index is 10.9. The highest BCUT2D eigenvalue weighted by molar-refractivity contribution is 5.74. The molecule has 2 atom stereocenters. The minimum atomic E-state index is -4.66. The Hall–Kier alpha value is -0.970. The van der Waals surface area contributed by atoms with E-state index in [4.69, 9.17) is 5.73 Å². The van der Waals surface area contributed by atoms with Gasteiger partial charge in [0.15, 0.2) is 0 Å². The van der Waals surface area contributed by atoms with Crippen molar-refractivity contribution < 1.29 is 55.9 Å². The van der Waals surface area contributed by atoms with Crippen LogP contribution in [0.2, 0.25) is 0 Å². The first-order valence-electron chi connectivity index (χ1n) is 5.23. The Kier molecular flexibility index (Phi) is 3.50. The molecule has 1 aliphatic rings. The van der Waals surface area contributed by atoms with Crippen molar-refractivity contribution in [2.24, 2.45) is 5.73 Å². The largest absolute Gasteiger partial charge is 0.366 e. The van der Waals surface area contributed by atoms with Crippen molar-refractivity contribution in [3.05, 3.63) is 0 Å². The van der Waals surface area contributed by atoms with Crippen molar-refractivity contribution in [1.82, 2.24) is 5.32 Å². The maximum Gasteiger partial charge on any atom is 0.284 e. The molecule has 21 heavy (non-hydrogen) atoms. The maximum absolute atomic E-state index is 10.9. The lowest BCUT2D eigenvalue weighted by Gasteiger charge is -2.63. The normalized spacial score (nSPS) is 39.6. The Bertz CT molecular complexity index is 439. The molecule has 1 saturated carbocycles. The lowest BCUT2D eigenvalue weighted by atomic mass is 9.67. The van der Waals surface area contributed by atoms with Crippen LogP contribution in [0, 0.1) is 0 Å². The minimum Gasteiger partial charge on any atom is -0.366 e. The van der Waals surface area contributed by atoms with Gasteiger partial charge in [-0.15, -0.1) is 0 Å². The van der Waals surface area contributed by atoms with Crippen LogP contribution in [0.4, 0.5) is 0 Å². The molecular weight excluding hydrogens is 300 g/mol. The third-order valence-electron chi connectivity index (χ3n) is 3.40. The summed E-state index contributed by atoms with van der Waals surface area (Å²) >= 11 is 0. The van der Waals surface area contributed by atoms with Crippen molar-refractivity contribution >= 4 is 5.91 Å². The van der Waals surface area contributed by atoms with E-state index in [2.05, 4.69) is 0 Å². The smallest absolute Gasteiger partial charge is 0.284 e. The fourth-order valence-corrected chi connectivity index (χ4v) is 1.95. The quantitative estimate of drug-likeness (QED) is 0.201. The van der Waals surface area contributed by atoms with E-state index in [1.807, 2.05) is 0 Å². The Labute approximate surface area is 115 Å². The Morgan fingerprint density at radius 3 is 1.48 bits per heavy atom. The number of nitrogens with two attached hydrogens (primary N) is 1. The molecule has 0 aromatic heterocycles. The lowest BCUT2D eigenvalue weighted by Crippen LogP contribution is -3.00. The highest BCUT2D eigenvalue weighted by Crippen LogP contribution is 2.51. The van der Waals surface area contributed by atoms with E-state index in [0.29, 0.717) is 6.92 Å². The van der Waals surface area contributed by atoms with Crippen LogP contribution in [0.25, 0.3) is 0 Å². The first kappa shape index (κ1) is 18.1. The second-order valence-electron chi connectivity index (χ2n) is 4.85. The molecule has 0 radical (unpaired) electrons. The van der Waals surface area contributed by atoms with Gasteiger partial charge in [-0.25, -0.2) is 0 Å². The molecule has 124 valence electrons. The molecule has 0 saturated heterocycles. The Morgan fingerprint density at radius 1 is 0.762 bits per heavy atom. The predicted octanol–water partition coefficient (Wildman–Crippen LogP) is -7.80. The van der Waals surface area contributed by atoms with E-state index in [0.717, 1.165) is 5.32 Å². The molecule has 13 nitrogen and oxygen atoms in total. The van der Waals surface area contributed by atoms with Crippen LogP contribution in [-0.4, -0.2) is 91.6 Å². The van der Waals surface area contributed by atoms with Gasteiger partial charge in [0, 0.05) is 6.92 Å². The highest BCUT2D eigenvalue weighted by Gasteiger charge is 2.90. The molecule has 1 amide bonds. The number of hydrogen-bond donors (Lipinski definition) is 12. The third kappa shape index (κ3) is 1.64. The molecule has 1 rings (SSSR count). The lowest BCUT2D eigenvalue weighted by molar-refractivity contribution is -0.585. The van der Waals surface area contributed by atoms with Crippen LogP contribution in [0.15, 0.2) is 0 Å². The molecule has 0 aromatic rings. The summed E-state index contributed by atoms with van der Waals surface area (Å²) in [5, 5.41) is 96.6. The van der Waals surface area contributed by atoms with Crippen LogP contribution >= 0.6 is 0 Å². The van der Waals surface area contributed by atoms with Crippen LogP contribution < -0.4 is 11.1 Å². The van der Waals surface area contributed by atoms with E-state index < -0.39 is 40.5 Å². The second kappa shape index (κ2) is 4.06. The van der Waals surface area contributed by atoms with Gasteiger partial charge in [-0.1, -0.05) is 0 Å². The summed E-state index contributed by atoms with van der Waals surface area (Å²) in [5.74, 6) is -19.7. The zero-order chi connectivity index (χ0) is 17.3. The summed E-state index contributed by atoms with van der Waals surface area (Å²) in [4.78, 5) is 10.9. The van der Waals surface area contributed by atoms with Crippen LogP contribution in [0.5, 0.6) is 0 Å². The average molecular weight is 316 g/mol. The summed E-state index contributed by atoms with van der Waals surface area (Å²) < 4.78 is 0. The van der Waals surface area contributed by atoms with Gasteiger partial charge in [0.1, 0.15) is 0 Å². The van der Waals surface area contributed by atoms with Gasteiger partial charge >= 0.3 is 0 Å². The molecule has 0 aliphatic heterocycles. The highest BCUT2D eigenvalue weighted by atomic mass is 16.7. The van der Waals surface area contributed by atoms with Crippen LogP contribution in [0.1, 0.15) is 6.92 Å². The van der Waals surface area contributed by atoms with Gasteiger partial charge in [0.25, 0.3) is 28.9 Å². The molecule has 0 aromatic carbocycles. The van der Waals surface area contributed by atoms with Gasteiger partial charge in [0.05, 0.1) is 0 Å². The minimum absolute atomic E-state index is 0.621. The summed E-state index contributed by atoms with van der Waals surface area (Å²) in [6.07, 6.45) is 0. The zero-order valence-electron chi connectivity index (χ0n) is 10.5. The predicted molar refractivity (Wildman–Crippen MR) is 56.6 cm³/mol. The molecule has 0 spiro atoms. The van der Waals surface area contributed by atoms with E-state index >= 15 is 0 Å². The summed E-state index contributed by atoms with van der Waals surface area (Å²) in [6.45, 7) is 0.621. The van der Waals surface area contributed by atoms with Crippen molar-refractivity contribution in [3.63, 3.8) is 0 Å². The third-order valence-corrected chi connectivity index (χ3v) is 3.40. The number of rotatable bonds is 1. The number of carbonyl (C=O) groups is 1. The summed E-state index contributed by atoms with van der Waals surface area (Å²) in [5.41, 5.74) is -3.75. The van der Waals surface area contributed by atoms with E-state index in [9.17, 15) is 55.9 Å². The number of aliphatic hydroxyl groups is 10. The van der Waals surface area contributed by atoms with Gasteiger partial charge < -0.3 is 56.4 Å². The van der Waals surface area contributed by atoms with Crippen molar-refractivity contribution in [3.8, 4) is 0 Å². The van der Waals surface area contributed by atoms with Crippen LogP contribution in [-0.2, 0) is 4.79 Å². The Morgan fingerprint density at radius 2 is 1.14 bits per heavy atom. The monoisotopic (exact) mass is 316 g/mol. The fraction of sp³-hybridized carbons (Fsp3) is 0.875. The molecule has 2 unspecified atom stereocenters. The van der Waals surface area contributed by atoms with Crippen LogP contribution in [0.3, 0.4) is 0 Å². The van der Waals surface area contributed by atoms with E-state index in [1.165, 1.54) is 0 Å². The zero-order valence-corrected chi connectivity index (χ0v) is 10.5. The SMILES string of the molecule is CC(=O)NC1(O)C(O)(O)C(N)(O)C(O)(O)C(O)(O)C1(O)O. The fourth-order valence-electron chi connectivity index (χ4n) is 1.95. The second-order valence-corrected chi connectivity index (χ2v) is 4.85. The summed E-state index contributed by atoms with van der Waals surface area (Å²) in [7, 11) is 0. The number of amides is 1. The Balaban J connectivity index is 3.78. The molecular formula is C8H16N2O11. The van der Waals surface area contributed by atoms with Crippen molar-refractivity contribution in [2.75, 3.05) is 0 Å².